The molecule has 2 aliphatic rings. The van der Waals surface area contributed by atoms with Crippen molar-refractivity contribution in [2.45, 2.75) is 48.9 Å². The Balaban J connectivity index is 1.32. The number of piperidine rings is 1. The summed E-state index contributed by atoms with van der Waals surface area (Å²) >= 11 is 6.05. The zero-order valence-corrected chi connectivity index (χ0v) is 23.1. The molecule has 0 aromatic heterocycles. The van der Waals surface area contributed by atoms with E-state index in [-0.39, 0.29) is 47.0 Å². The molecule has 0 atom stereocenters. The number of ether oxygens (including phenoxy) is 1. The summed E-state index contributed by atoms with van der Waals surface area (Å²) in [7, 11) is -7.30. The lowest BCUT2D eigenvalue weighted by Crippen LogP contribution is -2.43. The summed E-state index contributed by atoms with van der Waals surface area (Å²) in [5.74, 6) is -0.207. The molecule has 37 heavy (non-hydrogen) atoms. The summed E-state index contributed by atoms with van der Waals surface area (Å²) in [5, 5.41) is 3.20. The van der Waals surface area contributed by atoms with E-state index in [0.29, 0.717) is 37.6 Å². The first kappa shape index (κ1) is 27.8. The minimum absolute atomic E-state index is 0.0277. The van der Waals surface area contributed by atoms with Gasteiger partial charge in [-0.25, -0.2) is 16.8 Å². The summed E-state index contributed by atoms with van der Waals surface area (Å²) in [5.41, 5.74) is 0.790. The molecule has 2 aromatic carbocycles. The fourth-order valence-electron chi connectivity index (χ4n) is 4.65. The van der Waals surface area contributed by atoms with Crippen LogP contribution in [0.25, 0.3) is 0 Å². The number of rotatable bonds is 9. The van der Waals surface area contributed by atoms with Gasteiger partial charge in [-0.1, -0.05) is 23.7 Å². The van der Waals surface area contributed by atoms with E-state index in [4.69, 9.17) is 16.3 Å². The molecule has 2 saturated heterocycles. The van der Waals surface area contributed by atoms with Gasteiger partial charge in [0.05, 0.1) is 11.5 Å². The standard InChI is InChI=1S/C25H32ClN3O6S2/c1-2-35-23-10-7-21(26)17-24(23)37(33,34)29-15-11-20(12-16-29)25(30)27-18-19-5-8-22(9-6-19)36(31,32)28-13-3-4-14-28/h5-10,17,20H,2-4,11-16,18H2,1H3,(H,27,30). The van der Waals surface area contributed by atoms with Crippen LogP contribution in [0.1, 0.15) is 38.2 Å². The molecule has 2 heterocycles. The quantitative estimate of drug-likeness (QED) is 0.496. The van der Waals surface area contributed by atoms with Crippen molar-refractivity contribution in [1.82, 2.24) is 13.9 Å². The van der Waals surface area contributed by atoms with Crippen molar-refractivity contribution in [3.05, 3.63) is 53.1 Å². The third-order valence-electron chi connectivity index (χ3n) is 6.74. The van der Waals surface area contributed by atoms with Crippen LogP contribution in [0.3, 0.4) is 0 Å². The van der Waals surface area contributed by atoms with Crippen LogP contribution >= 0.6 is 11.6 Å². The lowest BCUT2D eigenvalue weighted by Gasteiger charge is -2.31. The Morgan fingerprint density at radius 3 is 2.19 bits per heavy atom. The summed E-state index contributed by atoms with van der Waals surface area (Å²) in [6, 6.07) is 11.1. The highest BCUT2D eigenvalue weighted by molar-refractivity contribution is 7.89. The molecule has 4 rings (SSSR count). The molecule has 202 valence electrons. The smallest absolute Gasteiger partial charge is 0.246 e. The molecule has 2 fully saturated rings. The van der Waals surface area contributed by atoms with Gasteiger partial charge in [0.25, 0.3) is 0 Å². The van der Waals surface area contributed by atoms with Gasteiger partial charge in [-0.15, -0.1) is 0 Å². The molecule has 0 radical (unpaired) electrons. The van der Waals surface area contributed by atoms with Crippen LogP contribution in [0, 0.1) is 5.92 Å². The highest BCUT2D eigenvalue weighted by Crippen LogP contribution is 2.32. The average molecular weight is 570 g/mol. The number of hydrogen-bond donors (Lipinski definition) is 1. The maximum absolute atomic E-state index is 13.2. The fraction of sp³-hybridized carbons (Fsp3) is 0.480. The van der Waals surface area contributed by atoms with Crippen LogP contribution in [0.4, 0.5) is 0 Å². The zero-order valence-electron chi connectivity index (χ0n) is 20.7. The predicted molar refractivity (Wildman–Crippen MR) is 140 cm³/mol. The number of sulfonamides is 2. The van der Waals surface area contributed by atoms with Gasteiger partial charge in [-0.05, 0) is 68.5 Å². The minimum Gasteiger partial charge on any atom is -0.492 e. The normalized spacial score (nSPS) is 18.1. The summed E-state index contributed by atoms with van der Waals surface area (Å²) in [4.78, 5) is 13.0. The van der Waals surface area contributed by atoms with Crippen LogP contribution in [-0.4, -0.2) is 64.1 Å². The molecule has 2 aromatic rings. The highest BCUT2D eigenvalue weighted by Gasteiger charge is 2.34. The van der Waals surface area contributed by atoms with E-state index < -0.39 is 20.0 Å². The van der Waals surface area contributed by atoms with Crippen molar-refractivity contribution >= 4 is 37.6 Å². The number of carbonyl (C=O) groups excluding carboxylic acids is 1. The summed E-state index contributed by atoms with van der Waals surface area (Å²) in [6.45, 7) is 3.88. The first-order valence-corrected chi connectivity index (χ1v) is 15.7. The third kappa shape index (κ3) is 6.28. The van der Waals surface area contributed by atoms with Crippen LogP contribution in [0.2, 0.25) is 5.02 Å². The van der Waals surface area contributed by atoms with E-state index in [9.17, 15) is 21.6 Å². The molecule has 0 aliphatic carbocycles. The second-order valence-electron chi connectivity index (χ2n) is 9.18. The van der Waals surface area contributed by atoms with Gasteiger partial charge in [0.1, 0.15) is 10.6 Å². The van der Waals surface area contributed by atoms with Gasteiger partial charge in [0.15, 0.2) is 0 Å². The molecule has 0 saturated carbocycles. The van der Waals surface area contributed by atoms with Gasteiger partial charge < -0.3 is 10.1 Å². The Morgan fingerprint density at radius 2 is 1.57 bits per heavy atom. The number of nitrogens with zero attached hydrogens (tertiary/aromatic N) is 2. The molecule has 0 bridgehead atoms. The van der Waals surface area contributed by atoms with E-state index in [1.807, 2.05) is 0 Å². The average Bonchev–Trinajstić information content (AvgIpc) is 3.45. The maximum atomic E-state index is 13.2. The molecule has 12 heteroatoms. The molecule has 0 spiro atoms. The predicted octanol–water partition coefficient (Wildman–Crippen LogP) is 3.24. The van der Waals surface area contributed by atoms with E-state index in [1.54, 1.807) is 43.3 Å². The molecule has 0 unspecified atom stereocenters. The second kappa shape index (κ2) is 11.7. The van der Waals surface area contributed by atoms with Crippen LogP contribution < -0.4 is 10.1 Å². The molecular formula is C25H32ClN3O6S2. The topological polar surface area (TPSA) is 113 Å². The van der Waals surface area contributed by atoms with Gasteiger partial charge in [-0.2, -0.15) is 8.61 Å². The zero-order chi connectivity index (χ0) is 26.6. The van der Waals surface area contributed by atoms with E-state index in [2.05, 4.69) is 5.32 Å². The highest BCUT2D eigenvalue weighted by atomic mass is 35.5. The third-order valence-corrected chi connectivity index (χ3v) is 10.8. The SMILES string of the molecule is CCOc1ccc(Cl)cc1S(=O)(=O)N1CCC(C(=O)NCc2ccc(S(=O)(=O)N3CCCC3)cc2)CC1. The lowest BCUT2D eigenvalue weighted by molar-refractivity contribution is -0.126. The summed E-state index contributed by atoms with van der Waals surface area (Å²) < 4.78 is 60.2. The van der Waals surface area contributed by atoms with E-state index in [1.165, 1.54) is 14.7 Å². The number of hydrogen-bond acceptors (Lipinski definition) is 6. The monoisotopic (exact) mass is 569 g/mol. The molecule has 9 nitrogen and oxygen atoms in total. The second-order valence-corrected chi connectivity index (χ2v) is 13.5. The summed E-state index contributed by atoms with van der Waals surface area (Å²) in [6.07, 6.45) is 2.54. The van der Waals surface area contributed by atoms with Crippen LogP contribution in [0.15, 0.2) is 52.3 Å². The van der Waals surface area contributed by atoms with E-state index in [0.717, 1.165) is 18.4 Å². The molecule has 1 N–H and O–H groups in total. The van der Waals surface area contributed by atoms with Gasteiger partial charge in [-0.3, -0.25) is 4.79 Å². The fourth-order valence-corrected chi connectivity index (χ4v) is 8.03. The van der Waals surface area contributed by atoms with Crippen molar-refractivity contribution in [3.63, 3.8) is 0 Å². The van der Waals surface area contributed by atoms with Crippen LogP contribution in [-0.2, 0) is 31.4 Å². The van der Waals surface area contributed by atoms with Crippen LogP contribution in [0.5, 0.6) is 5.75 Å². The first-order valence-electron chi connectivity index (χ1n) is 12.4. The van der Waals surface area contributed by atoms with Crippen molar-refractivity contribution in [2.24, 2.45) is 5.92 Å². The van der Waals surface area contributed by atoms with Gasteiger partial charge in [0, 0.05) is 43.7 Å². The van der Waals surface area contributed by atoms with E-state index >= 15 is 0 Å². The number of carbonyl (C=O) groups is 1. The Hall–Kier alpha value is -2.18. The maximum Gasteiger partial charge on any atom is 0.246 e. The van der Waals surface area contributed by atoms with Crippen molar-refractivity contribution in [1.29, 1.82) is 0 Å². The minimum atomic E-state index is -3.82. The van der Waals surface area contributed by atoms with Crippen molar-refractivity contribution < 1.29 is 26.4 Å². The first-order chi connectivity index (χ1) is 17.6. The Labute approximate surface area is 223 Å². The number of benzene rings is 2. The lowest BCUT2D eigenvalue weighted by atomic mass is 9.97. The largest absolute Gasteiger partial charge is 0.492 e. The Kier molecular flexibility index (Phi) is 8.80. The van der Waals surface area contributed by atoms with Crippen molar-refractivity contribution in [3.8, 4) is 5.75 Å². The Bertz CT molecular complexity index is 1320. The van der Waals surface area contributed by atoms with Gasteiger partial charge >= 0.3 is 0 Å². The Morgan fingerprint density at radius 1 is 0.946 bits per heavy atom. The number of halogens is 1. The number of nitrogens with one attached hydrogen (secondary N) is 1. The van der Waals surface area contributed by atoms with Gasteiger partial charge in [0.2, 0.25) is 26.0 Å². The molecular weight excluding hydrogens is 538 g/mol. The molecule has 1 amide bonds. The van der Waals surface area contributed by atoms with Crippen molar-refractivity contribution in [2.75, 3.05) is 32.8 Å². The molecule has 2 aliphatic heterocycles. The number of amides is 1.